The van der Waals surface area contributed by atoms with Crippen LogP contribution in [-0.2, 0) is 25.6 Å². The molecule has 0 fully saturated rings. The Morgan fingerprint density at radius 3 is 2.23 bits per heavy atom. The predicted molar refractivity (Wildman–Crippen MR) is 183 cm³/mol. The second kappa shape index (κ2) is 16.4. The van der Waals surface area contributed by atoms with Gasteiger partial charge in [-0.1, -0.05) is 48.5 Å². The lowest BCUT2D eigenvalue weighted by Crippen LogP contribution is -2.46. The molecule has 248 valence electrons. The third-order valence-corrected chi connectivity index (χ3v) is 7.43. The summed E-state index contributed by atoms with van der Waals surface area (Å²) < 4.78 is 5.74. The smallest absolute Gasteiger partial charge is 0.319 e. The molecule has 4 rings (SSSR count). The molecule has 0 aliphatic rings. The molecule has 0 aliphatic heterocycles. The Hall–Kier alpha value is -6.17. The van der Waals surface area contributed by atoms with Crippen LogP contribution in [0.3, 0.4) is 0 Å². The van der Waals surface area contributed by atoms with Gasteiger partial charge in [-0.15, -0.1) is 0 Å². The van der Waals surface area contributed by atoms with Crippen LogP contribution in [0.25, 0.3) is 0 Å². The van der Waals surface area contributed by atoms with E-state index in [4.69, 9.17) is 9.84 Å². The van der Waals surface area contributed by atoms with Crippen molar-refractivity contribution in [3.8, 4) is 5.75 Å². The summed E-state index contributed by atoms with van der Waals surface area (Å²) in [6, 6.07) is 26.6. The van der Waals surface area contributed by atoms with E-state index in [2.05, 4.69) is 16.0 Å². The number of carboxylic acid groups (broad SMARTS) is 1. The molecule has 12 heteroatoms. The number of hydrogen-bond donors (Lipinski definition) is 4. The Bertz CT molecular complexity index is 1790. The maximum atomic E-state index is 13.6. The summed E-state index contributed by atoms with van der Waals surface area (Å²) in [6.07, 6.45) is -0.212. The van der Waals surface area contributed by atoms with E-state index in [0.29, 0.717) is 28.3 Å². The van der Waals surface area contributed by atoms with Gasteiger partial charge in [0.1, 0.15) is 12.3 Å². The maximum Gasteiger partial charge on any atom is 0.319 e. The highest BCUT2D eigenvalue weighted by molar-refractivity contribution is 6.05. The number of benzene rings is 4. The molecule has 0 radical (unpaired) electrons. The average molecular weight is 652 g/mol. The molecule has 0 spiro atoms. The number of amides is 5. The zero-order valence-electron chi connectivity index (χ0n) is 26.9. The van der Waals surface area contributed by atoms with E-state index in [1.807, 2.05) is 32.0 Å². The number of carbonyl (C=O) groups is 5. The Labute approximate surface area is 278 Å². The minimum absolute atomic E-state index is 0.212. The van der Waals surface area contributed by atoms with Crippen LogP contribution in [0.4, 0.5) is 27.5 Å². The van der Waals surface area contributed by atoms with Crippen molar-refractivity contribution in [2.24, 2.45) is 0 Å². The Morgan fingerprint density at radius 1 is 0.771 bits per heavy atom. The van der Waals surface area contributed by atoms with Crippen LogP contribution < -0.4 is 30.5 Å². The van der Waals surface area contributed by atoms with Gasteiger partial charge < -0.3 is 35.6 Å². The van der Waals surface area contributed by atoms with Crippen LogP contribution in [0.5, 0.6) is 5.75 Å². The number of urea groups is 1. The molecular weight excluding hydrogens is 614 g/mol. The number of aryl methyl sites for hydroxylation is 1. The molecule has 0 bridgehead atoms. The largest absolute Gasteiger partial charge is 0.484 e. The molecule has 4 N–H and O–H groups in total. The third-order valence-electron chi connectivity index (χ3n) is 7.43. The van der Waals surface area contributed by atoms with Crippen LogP contribution in [0.15, 0.2) is 97.1 Å². The summed E-state index contributed by atoms with van der Waals surface area (Å²) >= 11 is 0. The number of likely N-dealkylation sites (N-methyl/N-ethyl adjacent to an activating group) is 1. The minimum Gasteiger partial charge on any atom is -0.484 e. The van der Waals surface area contributed by atoms with Gasteiger partial charge in [0.2, 0.25) is 11.8 Å². The molecule has 12 nitrogen and oxygen atoms in total. The van der Waals surface area contributed by atoms with Gasteiger partial charge in [-0.25, -0.2) is 4.79 Å². The van der Waals surface area contributed by atoms with Crippen molar-refractivity contribution in [2.45, 2.75) is 20.3 Å². The van der Waals surface area contributed by atoms with Crippen molar-refractivity contribution in [2.75, 3.05) is 47.2 Å². The number of carbonyl (C=O) groups excluding carboxylic acids is 4. The number of carboxylic acids is 1. The van der Waals surface area contributed by atoms with E-state index in [9.17, 15) is 24.0 Å². The number of hydrogen-bond acceptors (Lipinski definition) is 6. The van der Waals surface area contributed by atoms with Gasteiger partial charge in [-0.05, 0) is 73.0 Å². The van der Waals surface area contributed by atoms with Gasteiger partial charge in [0.25, 0.3) is 5.91 Å². The number of rotatable bonds is 13. The summed E-state index contributed by atoms with van der Waals surface area (Å²) in [5, 5.41) is 17.0. The topological polar surface area (TPSA) is 157 Å². The maximum absolute atomic E-state index is 13.6. The molecule has 4 aromatic carbocycles. The monoisotopic (exact) mass is 651 g/mol. The average Bonchev–Trinajstić information content (AvgIpc) is 3.07. The van der Waals surface area contributed by atoms with Crippen molar-refractivity contribution in [3.05, 3.63) is 114 Å². The molecule has 0 saturated carbocycles. The number of nitrogens with one attached hydrogen (secondary N) is 3. The second-order valence-corrected chi connectivity index (χ2v) is 10.9. The fourth-order valence-electron chi connectivity index (χ4n) is 4.68. The van der Waals surface area contributed by atoms with Crippen molar-refractivity contribution >= 4 is 52.5 Å². The molecular formula is C36H37N5O7. The third kappa shape index (κ3) is 9.91. The summed E-state index contributed by atoms with van der Waals surface area (Å²) in [5.41, 5.74) is 4.45. The van der Waals surface area contributed by atoms with Crippen molar-refractivity contribution < 1.29 is 33.8 Å². The molecule has 5 amide bonds. The number of aliphatic carboxylic acids is 1. The normalized spacial score (nSPS) is 10.4. The fourth-order valence-corrected chi connectivity index (χ4v) is 4.68. The highest BCUT2D eigenvalue weighted by Gasteiger charge is 2.23. The first-order valence-corrected chi connectivity index (χ1v) is 15.1. The molecule has 0 aliphatic carbocycles. The van der Waals surface area contributed by atoms with E-state index in [0.717, 1.165) is 11.1 Å². The Kier molecular flexibility index (Phi) is 11.9. The second-order valence-electron chi connectivity index (χ2n) is 10.9. The SMILES string of the molecule is Cc1cccc(NC(=O)COc2cccc(N(CC(=O)N(C)c3ccccc3)C(=O)CNC(=O)Nc3cccc(CC(=O)O)c3)c2)c1C. The fraction of sp³-hybridized carbons (Fsp3) is 0.194. The summed E-state index contributed by atoms with van der Waals surface area (Å²) in [5.74, 6) is -2.08. The molecule has 0 aromatic heterocycles. The zero-order valence-corrected chi connectivity index (χ0v) is 26.9. The Balaban J connectivity index is 1.46. The number of anilines is 4. The van der Waals surface area contributed by atoms with Crippen LogP contribution in [0.1, 0.15) is 16.7 Å². The van der Waals surface area contributed by atoms with Gasteiger partial charge in [0.05, 0.1) is 13.0 Å². The number of para-hydroxylation sites is 1. The van der Waals surface area contributed by atoms with E-state index < -0.39 is 30.4 Å². The number of ether oxygens (including phenoxy) is 1. The van der Waals surface area contributed by atoms with Gasteiger partial charge in [0, 0.05) is 35.9 Å². The molecule has 0 atom stereocenters. The first kappa shape index (κ1) is 34.7. The van der Waals surface area contributed by atoms with E-state index >= 15 is 0 Å². The van der Waals surface area contributed by atoms with Crippen molar-refractivity contribution in [3.63, 3.8) is 0 Å². The first-order valence-electron chi connectivity index (χ1n) is 15.1. The van der Waals surface area contributed by atoms with E-state index in [1.165, 1.54) is 21.9 Å². The molecule has 48 heavy (non-hydrogen) atoms. The molecule has 0 unspecified atom stereocenters. The minimum atomic E-state index is -1.01. The van der Waals surface area contributed by atoms with Gasteiger partial charge in [0.15, 0.2) is 6.61 Å². The molecule has 4 aromatic rings. The van der Waals surface area contributed by atoms with Gasteiger partial charge in [-0.3, -0.25) is 19.2 Å². The van der Waals surface area contributed by atoms with Crippen LogP contribution in [0.2, 0.25) is 0 Å². The lowest BCUT2D eigenvalue weighted by atomic mass is 10.1. The lowest BCUT2D eigenvalue weighted by molar-refractivity contribution is -0.136. The lowest BCUT2D eigenvalue weighted by Gasteiger charge is -2.26. The van der Waals surface area contributed by atoms with Crippen LogP contribution in [0, 0.1) is 13.8 Å². The van der Waals surface area contributed by atoms with Crippen LogP contribution >= 0.6 is 0 Å². The van der Waals surface area contributed by atoms with Crippen LogP contribution in [-0.4, -0.2) is 61.6 Å². The highest BCUT2D eigenvalue weighted by Crippen LogP contribution is 2.23. The summed E-state index contributed by atoms with van der Waals surface area (Å²) in [7, 11) is 1.60. The van der Waals surface area contributed by atoms with Crippen molar-refractivity contribution in [1.29, 1.82) is 0 Å². The van der Waals surface area contributed by atoms with Gasteiger partial charge >= 0.3 is 12.0 Å². The first-order chi connectivity index (χ1) is 23.0. The summed E-state index contributed by atoms with van der Waals surface area (Å²) in [6.45, 7) is 2.74. The quantitative estimate of drug-likeness (QED) is 0.162. The van der Waals surface area contributed by atoms with Crippen molar-refractivity contribution in [1.82, 2.24) is 5.32 Å². The number of nitrogens with zero attached hydrogens (tertiary/aromatic N) is 2. The standard InChI is InChI=1S/C36H37N5O7/c1-24-10-7-17-31(25(24)2)39-32(42)23-48-30-16-9-15-29(20-30)41(22-34(44)40(3)28-13-5-4-6-14-28)33(43)21-37-36(47)38-27-12-8-11-26(18-27)19-35(45)46/h4-18,20H,19,21-23H2,1-3H3,(H,39,42)(H,45,46)(H2,37,38,47). The Morgan fingerprint density at radius 2 is 1.48 bits per heavy atom. The zero-order chi connectivity index (χ0) is 34.6. The molecule has 0 heterocycles. The summed E-state index contributed by atoms with van der Waals surface area (Å²) in [4.78, 5) is 65.9. The van der Waals surface area contributed by atoms with E-state index in [-0.39, 0.29) is 31.2 Å². The highest BCUT2D eigenvalue weighted by atomic mass is 16.5. The predicted octanol–water partition coefficient (Wildman–Crippen LogP) is 4.77. The van der Waals surface area contributed by atoms with Gasteiger partial charge in [-0.2, -0.15) is 0 Å². The van der Waals surface area contributed by atoms with E-state index in [1.54, 1.807) is 73.8 Å². The molecule has 0 saturated heterocycles.